The van der Waals surface area contributed by atoms with Crippen molar-refractivity contribution in [3.8, 4) is 11.5 Å². The van der Waals surface area contributed by atoms with E-state index in [1.165, 1.54) is 0 Å². The summed E-state index contributed by atoms with van der Waals surface area (Å²) in [4.78, 5) is 14.4. The minimum absolute atomic E-state index is 0. The number of nitrogens with one attached hydrogen (secondary N) is 1. The average molecular weight is 378 g/mol. The van der Waals surface area contributed by atoms with Gasteiger partial charge in [-0.25, -0.2) is 0 Å². The topological polar surface area (TPSA) is 50.8 Å². The quantitative estimate of drug-likeness (QED) is 0.860. The zero-order chi connectivity index (χ0) is 14.1. The Morgan fingerprint density at radius 1 is 1.33 bits per heavy atom. The maximum Gasteiger partial charge on any atom is 0.254 e. The van der Waals surface area contributed by atoms with Crippen LogP contribution < -0.4 is 14.8 Å². The largest absolute Gasteiger partial charge is 0.454 e. The van der Waals surface area contributed by atoms with Crippen LogP contribution in [0.15, 0.2) is 16.6 Å². The Labute approximate surface area is 138 Å². The van der Waals surface area contributed by atoms with Gasteiger partial charge in [-0.05, 0) is 54.0 Å². The van der Waals surface area contributed by atoms with E-state index in [4.69, 9.17) is 9.47 Å². The molecule has 1 fully saturated rings. The minimum Gasteiger partial charge on any atom is -0.454 e. The smallest absolute Gasteiger partial charge is 0.254 e. The fraction of sp³-hybridized carbons (Fsp3) is 0.500. The summed E-state index contributed by atoms with van der Waals surface area (Å²) in [6, 6.07) is 3.86. The van der Waals surface area contributed by atoms with Gasteiger partial charge >= 0.3 is 0 Å². The van der Waals surface area contributed by atoms with E-state index in [0.717, 1.165) is 30.4 Å². The molecule has 2 heterocycles. The molecule has 0 aliphatic carbocycles. The Balaban J connectivity index is 0.00000161. The molecule has 21 heavy (non-hydrogen) atoms. The van der Waals surface area contributed by atoms with Crippen LogP contribution in [0.3, 0.4) is 0 Å². The lowest BCUT2D eigenvalue weighted by Gasteiger charge is -2.31. The molecular formula is C14H18BrClN2O3. The Kier molecular flexibility index (Phi) is 5.35. The number of rotatable bonds is 2. The standard InChI is InChI=1S/C14H17BrN2O3.ClH/c1-17(10-2-4-16-5-3-10)14(18)9-6-11(15)13-12(7-9)19-8-20-13;/h6-7,10,16H,2-5,8H2,1H3;1H. The molecule has 1 aromatic rings. The Hall–Kier alpha value is -0.980. The van der Waals surface area contributed by atoms with Crippen molar-refractivity contribution in [1.29, 1.82) is 0 Å². The fourth-order valence-electron chi connectivity index (χ4n) is 2.65. The molecule has 2 aliphatic rings. The minimum atomic E-state index is 0. The molecule has 0 bridgehead atoms. The summed E-state index contributed by atoms with van der Waals surface area (Å²) in [6.45, 7) is 2.13. The number of ether oxygens (including phenoxy) is 2. The molecule has 7 heteroatoms. The lowest BCUT2D eigenvalue weighted by Crippen LogP contribution is -2.43. The molecule has 0 spiro atoms. The number of carbonyl (C=O) groups excluding carboxylic acids is 1. The molecule has 2 aliphatic heterocycles. The highest BCUT2D eigenvalue weighted by atomic mass is 79.9. The molecule has 0 unspecified atom stereocenters. The summed E-state index contributed by atoms with van der Waals surface area (Å²) in [5.41, 5.74) is 0.627. The maximum absolute atomic E-state index is 12.6. The predicted octanol–water partition coefficient (Wildman–Crippen LogP) is 2.42. The number of nitrogens with zero attached hydrogens (tertiary/aromatic N) is 1. The van der Waals surface area contributed by atoms with Crippen LogP contribution in [-0.4, -0.2) is 43.8 Å². The Morgan fingerprint density at radius 2 is 2.05 bits per heavy atom. The summed E-state index contributed by atoms with van der Waals surface area (Å²) >= 11 is 3.43. The van der Waals surface area contributed by atoms with E-state index in [1.807, 2.05) is 11.9 Å². The molecule has 0 saturated carbocycles. The van der Waals surface area contributed by atoms with Crippen LogP contribution in [0, 0.1) is 0 Å². The van der Waals surface area contributed by atoms with Crippen molar-refractivity contribution in [2.24, 2.45) is 0 Å². The summed E-state index contributed by atoms with van der Waals surface area (Å²) in [5, 5.41) is 3.31. The van der Waals surface area contributed by atoms with E-state index < -0.39 is 0 Å². The number of fused-ring (bicyclic) bond motifs is 1. The first-order chi connectivity index (χ1) is 9.66. The van der Waals surface area contributed by atoms with Crippen LogP contribution in [0.1, 0.15) is 23.2 Å². The highest BCUT2D eigenvalue weighted by molar-refractivity contribution is 9.10. The first-order valence-corrected chi connectivity index (χ1v) is 7.53. The van der Waals surface area contributed by atoms with Gasteiger partial charge < -0.3 is 19.7 Å². The number of benzene rings is 1. The molecule has 5 nitrogen and oxygen atoms in total. The molecule has 0 atom stereocenters. The van der Waals surface area contributed by atoms with Gasteiger partial charge in [-0.1, -0.05) is 0 Å². The molecule has 3 rings (SSSR count). The zero-order valence-corrected chi connectivity index (χ0v) is 14.1. The van der Waals surface area contributed by atoms with Gasteiger partial charge in [0, 0.05) is 18.7 Å². The lowest BCUT2D eigenvalue weighted by molar-refractivity contribution is 0.0703. The number of halogens is 2. The van der Waals surface area contributed by atoms with Crippen molar-refractivity contribution in [2.75, 3.05) is 26.9 Å². The number of hydrogen-bond donors (Lipinski definition) is 1. The first-order valence-electron chi connectivity index (χ1n) is 6.74. The normalized spacial score (nSPS) is 17.2. The SMILES string of the molecule is CN(C(=O)c1cc(Br)c2c(c1)OCO2)C1CCNCC1.Cl. The van der Waals surface area contributed by atoms with Gasteiger partial charge in [0.15, 0.2) is 11.5 Å². The average Bonchev–Trinajstić information content (AvgIpc) is 2.95. The number of hydrogen-bond acceptors (Lipinski definition) is 4. The van der Waals surface area contributed by atoms with E-state index in [0.29, 0.717) is 23.1 Å². The number of carbonyl (C=O) groups is 1. The van der Waals surface area contributed by atoms with Gasteiger partial charge in [0.25, 0.3) is 5.91 Å². The number of amides is 1. The second-order valence-corrected chi connectivity index (χ2v) is 5.94. The fourth-order valence-corrected chi connectivity index (χ4v) is 3.21. The third-order valence-electron chi connectivity index (χ3n) is 3.85. The second kappa shape index (κ2) is 6.85. The summed E-state index contributed by atoms with van der Waals surface area (Å²) in [6.07, 6.45) is 1.99. The van der Waals surface area contributed by atoms with Crippen molar-refractivity contribution in [3.63, 3.8) is 0 Å². The van der Waals surface area contributed by atoms with Crippen molar-refractivity contribution in [1.82, 2.24) is 10.2 Å². The Bertz CT molecular complexity index is 535. The van der Waals surface area contributed by atoms with Crippen LogP contribution in [0.2, 0.25) is 0 Å². The van der Waals surface area contributed by atoms with E-state index in [9.17, 15) is 4.79 Å². The number of piperidine rings is 1. The van der Waals surface area contributed by atoms with Gasteiger partial charge in [0.2, 0.25) is 6.79 Å². The summed E-state index contributed by atoms with van der Waals surface area (Å²) < 4.78 is 11.5. The zero-order valence-electron chi connectivity index (χ0n) is 11.7. The molecule has 0 radical (unpaired) electrons. The van der Waals surface area contributed by atoms with Crippen LogP contribution in [-0.2, 0) is 0 Å². The highest BCUT2D eigenvalue weighted by Gasteiger charge is 2.26. The van der Waals surface area contributed by atoms with Crippen molar-refractivity contribution in [3.05, 3.63) is 22.2 Å². The molecular weight excluding hydrogens is 360 g/mol. The maximum atomic E-state index is 12.6. The van der Waals surface area contributed by atoms with E-state index in [1.54, 1.807) is 12.1 Å². The van der Waals surface area contributed by atoms with Crippen LogP contribution >= 0.6 is 28.3 Å². The van der Waals surface area contributed by atoms with Gasteiger partial charge in [-0.15, -0.1) is 12.4 Å². The molecule has 0 aromatic heterocycles. The lowest BCUT2D eigenvalue weighted by atomic mass is 10.0. The monoisotopic (exact) mass is 376 g/mol. The molecule has 1 amide bonds. The molecule has 1 N–H and O–H groups in total. The third-order valence-corrected chi connectivity index (χ3v) is 4.44. The van der Waals surface area contributed by atoms with Crippen molar-refractivity contribution in [2.45, 2.75) is 18.9 Å². The summed E-state index contributed by atoms with van der Waals surface area (Å²) in [7, 11) is 1.87. The van der Waals surface area contributed by atoms with E-state index in [-0.39, 0.29) is 25.1 Å². The van der Waals surface area contributed by atoms with Gasteiger partial charge in [-0.3, -0.25) is 4.79 Å². The molecule has 116 valence electrons. The predicted molar refractivity (Wildman–Crippen MR) is 85.5 cm³/mol. The van der Waals surface area contributed by atoms with E-state index in [2.05, 4.69) is 21.2 Å². The van der Waals surface area contributed by atoms with E-state index >= 15 is 0 Å². The first kappa shape index (κ1) is 16.4. The molecule has 1 saturated heterocycles. The second-order valence-electron chi connectivity index (χ2n) is 5.09. The third kappa shape index (κ3) is 3.27. The van der Waals surface area contributed by atoms with Crippen LogP contribution in [0.5, 0.6) is 11.5 Å². The van der Waals surface area contributed by atoms with Crippen LogP contribution in [0.25, 0.3) is 0 Å². The summed E-state index contributed by atoms with van der Waals surface area (Å²) in [5.74, 6) is 1.32. The van der Waals surface area contributed by atoms with Crippen molar-refractivity contribution >= 4 is 34.2 Å². The molecule has 1 aromatic carbocycles. The van der Waals surface area contributed by atoms with Crippen LogP contribution in [0.4, 0.5) is 0 Å². The van der Waals surface area contributed by atoms with Gasteiger partial charge in [0.1, 0.15) is 0 Å². The Morgan fingerprint density at radius 3 is 2.76 bits per heavy atom. The highest BCUT2D eigenvalue weighted by Crippen LogP contribution is 2.40. The van der Waals surface area contributed by atoms with Gasteiger partial charge in [0.05, 0.1) is 4.47 Å². The van der Waals surface area contributed by atoms with Gasteiger partial charge in [-0.2, -0.15) is 0 Å². The van der Waals surface area contributed by atoms with Crippen molar-refractivity contribution < 1.29 is 14.3 Å².